The van der Waals surface area contributed by atoms with E-state index in [-0.39, 0.29) is 5.56 Å². The standard InChI is InChI=1S/C24H18N4O2/c29-24(30)19-10-9-18(13-20(19)23-25-11-12-26-23)17-7-5-16(6-8-17)14-28-15-27-21-3-1-2-4-22(21)28/h1-13,15H,14H2,(H,25,26)(H,29,30). The highest BCUT2D eigenvalue weighted by Gasteiger charge is 2.15. The predicted octanol–water partition coefficient (Wildman–Crippen LogP) is 4.84. The van der Waals surface area contributed by atoms with Gasteiger partial charge in [0.25, 0.3) is 0 Å². The third-order valence-corrected chi connectivity index (χ3v) is 5.17. The number of para-hydroxylation sites is 2. The maximum absolute atomic E-state index is 11.6. The van der Waals surface area contributed by atoms with Gasteiger partial charge in [-0.05, 0) is 41.0 Å². The summed E-state index contributed by atoms with van der Waals surface area (Å²) < 4.78 is 2.13. The Bertz CT molecular complexity index is 1340. The van der Waals surface area contributed by atoms with Crippen molar-refractivity contribution in [2.45, 2.75) is 6.54 Å². The molecule has 2 heterocycles. The van der Waals surface area contributed by atoms with Crippen molar-refractivity contribution < 1.29 is 9.90 Å². The smallest absolute Gasteiger partial charge is 0.336 e. The van der Waals surface area contributed by atoms with Crippen molar-refractivity contribution in [2.24, 2.45) is 0 Å². The number of carbonyl (C=O) groups is 1. The summed E-state index contributed by atoms with van der Waals surface area (Å²) in [6.45, 7) is 0.733. The second kappa shape index (κ2) is 7.33. The highest BCUT2D eigenvalue weighted by molar-refractivity contribution is 5.96. The average Bonchev–Trinajstić information content (AvgIpc) is 3.45. The van der Waals surface area contributed by atoms with Gasteiger partial charge in [-0.25, -0.2) is 14.8 Å². The molecule has 0 unspecified atom stereocenters. The van der Waals surface area contributed by atoms with Crippen molar-refractivity contribution >= 4 is 17.0 Å². The van der Waals surface area contributed by atoms with Crippen molar-refractivity contribution in [3.05, 3.63) is 96.6 Å². The van der Waals surface area contributed by atoms with Crippen molar-refractivity contribution in [2.75, 3.05) is 0 Å². The number of aromatic amines is 1. The normalized spacial score (nSPS) is 11.1. The Hall–Kier alpha value is -4.19. The number of H-pyrrole nitrogens is 1. The van der Waals surface area contributed by atoms with E-state index in [0.29, 0.717) is 11.4 Å². The number of fused-ring (bicyclic) bond motifs is 1. The van der Waals surface area contributed by atoms with Crippen molar-refractivity contribution in [3.8, 4) is 22.5 Å². The number of aromatic carboxylic acids is 1. The zero-order valence-corrected chi connectivity index (χ0v) is 16.0. The minimum Gasteiger partial charge on any atom is -0.478 e. The summed E-state index contributed by atoms with van der Waals surface area (Å²) >= 11 is 0. The number of hydrogen-bond donors (Lipinski definition) is 2. The number of carboxylic acids is 1. The summed E-state index contributed by atoms with van der Waals surface area (Å²) in [4.78, 5) is 23.3. The van der Waals surface area contributed by atoms with E-state index in [1.165, 1.54) is 0 Å². The Kier molecular flexibility index (Phi) is 4.37. The number of rotatable bonds is 5. The summed E-state index contributed by atoms with van der Waals surface area (Å²) in [5.41, 5.74) is 5.99. The first-order chi connectivity index (χ1) is 14.7. The van der Waals surface area contributed by atoms with Crippen LogP contribution in [0.5, 0.6) is 0 Å². The second-order valence-electron chi connectivity index (χ2n) is 7.06. The first kappa shape index (κ1) is 17.9. The molecule has 0 spiro atoms. The minimum atomic E-state index is -0.976. The molecule has 30 heavy (non-hydrogen) atoms. The molecule has 0 aliphatic rings. The van der Waals surface area contributed by atoms with Gasteiger partial charge in [0.05, 0.1) is 22.9 Å². The number of benzene rings is 3. The molecular weight excluding hydrogens is 376 g/mol. The summed E-state index contributed by atoms with van der Waals surface area (Å²) in [7, 11) is 0. The molecule has 0 saturated heterocycles. The quantitative estimate of drug-likeness (QED) is 0.447. The molecule has 6 heteroatoms. The molecule has 0 fully saturated rings. The lowest BCUT2D eigenvalue weighted by atomic mass is 9.98. The van der Waals surface area contributed by atoms with Crippen LogP contribution in [-0.4, -0.2) is 30.6 Å². The van der Waals surface area contributed by atoms with Crippen LogP contribution in [0, 0.1) is 0 Å². The van der Waals surface area contributed by atoms with E-state index in [9.17, 15) is 9.90 Å². The van der Waals surface area contributed by atoms with E-state index >= 15 is 0 Å². The molecule has 2 aromatic heterocycles. The number of nitrogens with one attached hydrogen (secondary N) is 1. The maximum Gasteiger partial charge on any atom is 0.336 e. The van der Waals surface area contributed by atoms with Gasteiger partial charge in [-0.2, -0.15) is 0 Å². The fraction of sp³-hybridized carbons (Fsp3) is 0.0417. The van der Waals surface area contributed by atoms with Crippen molar-refractivity contribution in [3.63, 3.8) is 0 Å². The molecule has 6 nitrogen and oxygen atoms in total. The Morgan fingerprint density at radius 2 is 1.77 bits per heavy atom. The van der Waals surface area contributed by atoms with Crippen LogP contribution in [0.25, 0.3) is 33.5 Å². The topological polar surface area (TPSA) is 83.8 Å². The number of hydrogen-bond acceptors (Lipinski definition) is 3. The van der Waals surface area contributed by atoms with Gasteiger partial charge in [0, 0.05) is 24.5 Å². The molecule has 0 radical (unpaired) electrons. The van der Waals surface area contributed by atoms with E-state index in [2.05, 4.69) is 49.9 Å². The molecule has 2 N–H and O–H groups in total. The SMILES string of the molecule is O=C(O)c1ccc(-c2ccc(Cn3cnc4ccccc43)cc2)cc1-c1ncc[nH]1. The summed E-state index contributed by atoms with van der Waals surface area (Å²) in [6.07, 6.45) is 5.16. The molecule has 5 rings (SSSR count). The van der Waals surface area contributed by atoms with Crippen LogP contribution in [0.3, 0.4) is 0 Å². The average molecular weight is 394 g/mol. The Labute approximate surface area is 172 Å². The van der Waals surface area contributed by atoms with Gasteiger partial charge in [0.1, 0.15) is 5.82 Å². The van der Waals surface area contributed by atoms with Crippen LogP contribution >= 0.6 is 0 Å². The number of aromatic nitrogens is 4. The van der Waals surface area contributed by atoms with E-state index in [1.54, 1.807) is 18.5 Å². The molecule has 0 bridgehead atoms. The fourth-order valence-corrected chi connectivity index (χ4v) is 3.65. The van der Waals surface area contributed by atoms with Crippen LogP contribution in [0.15, 0.2) is 85.5 Å². The van der Waals surface area contributed by atoms with Gasteiger partial charge < -0.3 is 14.7 Å². The van der Waals surface area contributed by atoms with Crippen LogP contribution in [-0.2, 0) is 6.54 Å². The minimum absolute atomic E-state index is 0.220. The highest BCUT2D eigenvalue weighted by atomic mass is 16.4. The van der Waals surface area contributed by atoms with E-state index < -0.39 is 5.97 Å². The number of carboxylic acid groups (broad SMARTS) is 1. The summed E-state index contributed by atoms with van der Waals surface area (Å²) in [6, 6.07) is 21.7. The summed E-state index contributed by atoms with van der Waals surface area (Å²) in [5, 5.41) is 9.51. The summed E-state index contributed by atoms with van der Waals surface area (Å²) in [5.74, 6) is -0.436. The van der Waals surface area contributed by atoms with Gasteiger partial charge in [-0.15, -0.1) is 0 Å². The monoisotopic (exact) mass is 394 g/mol. The molecule has 5 aromatic rings. The third-order valence-electron chi connectivity index (χ3n) is 5.17. The lowest BCUT2D eigenvalue weighted by molar-refractivity contribution is 0.0697. The first-order valence-corrected chi connectivity index (χ1v) is 9.55. The molecule has 0 amide bonds. The lowest BCUT2D eigenvalue weighted by Gasteiger charge is -2.09. The first-order valence-electron chi connectivity index (χ1n) is 9.55. The Morgan fingerprint density at radius 3 is 2.53 bits per heavy atom. The van der Waals surface area contributed by atoms with Gasteiger partial charge in [-0.1, -0.05) is 42.5 Å². The highest BCUT2D eigenvalue weighted by Crippen LogP contribution is 2.28. The number of nitrogens with zero attached hydrogens (tertiary/aromatic N) is 3. The van der Waals surface area contributed by atoms with Crippen molar-refractivity contribution in [1.82, 2.24) is 19.5 Å². The van der Waals surface area contributed by atoms with Gasteiger partial charge in [0.15, 0.2) is 0 Å². The molecule has 0 saturated carbocycles. The maximum atomic E-state index is 11.6. The molecular formula is C24H18N4O2. The van der Waals surface area contributed by atoms with Gasteiger partial charge in [-0.3, -0.25) is 0 Å². The molecule has 3 aromatic carbocycles. The third kappa shape index (κ3) is 3.24. The van der Waals surface area contributed by atoms with E-state index in [0.717, 1.165) is 34.3 Å². The largest absolute Gasteiger partial charge is 0.478 e. The van der Waals surface area contributed by atoms with Crippen LogP contribution in [0.1, 0.15) is 15.9 Å². The lowest BCUT2D eigenvalue weighted by Crippen LogP contribution is -2.01. The van der Waals surface area contributed by atoms with E-state index in [1.807, 2.05) is 36.7 Å². The zero-order valence-electron chi connectivity index (χ0n) is 16.0. The van der Waals surface area contributed by atoms with E-state index in [4.69, 9.17) is 0 Å². The Morgan fingerprint density at radius 1 is 0.967 bits per heavy atom. The number of imidazole rings is 2. The molecule has 0 atom stereocenters. The zero-order chi connectivity index (χ0) is 20.5. The van der Waals surface area contributed by atoms with Gasteiger partial charge >= 0.3 is 5.97 Å². The van der Waals surface area contributed by atoms with Crippen LogP contribution < -0.4 is 0 Å². The Balaban J connectivity index is 1.45. The molecule has 0 aliphatic carbocycles. The van der Waals surface area contributed by atoms with Crippen LogP contribution in [0.4, 0.5) is 0 Å². The van der Waals surface area contributed by atoms with Crippen molar-refractivity contribution in [1.29, 1.82) is 0 Å². The molecule has 146 valence electrons. The molecule has 0 aliphatic heterocycles. The van der Waals surface area contributed by atoms with Gasteiger partial charge in [0.2, 0.25) is 0 Å². The second-order valence-corrected chi connectivity index (χ2v) is 7.06. The fourth-order valence-electron chi connectivity index (χ4n) is 3.65. The predicted molar refractivity (Wildman–Crippen MR) is 115 cm³/mol. The van der Waals surface area contributed by atoms with Crippen LogP contribution in [0.2, 0.25) is 0 Å².